The summed E-state index contributed by atoms with van der Waals surface area (Å²) in [7, 11) is 1.66. The highest BCUT2D eigenvalue weighted by Crippen LogP contribution is 2.24. The maximum atomic E-state index is 11.9. The first-order valence-corrected chi connectivity index (χ1v) is 7.26. The number of ether oxygens (including phenoxy) is 1. The highest BCUT2D eigenvalue weighted by Gasteiger charge is 2.25. The predicted octanol–water partition coefficient (Wildman–Crippen LogP) is 2.61. The number of amides is 1. The van der Waals surface area contributed by atoms with Crippen LogP contribution >= 0.6 is 12.4 Å². The minimum absolute atomic E-state index is 0. The Morgan fingerprint density at radius 2 is 1.80 bits per heavy atom. The minimum Gasteiger partial charge on any atom is -0.383 e. The normalized spacial score (nSPS) is 12.9. The van der Waals surface area contributed by atoms with Crippen LogP contribution in [0, 0.1) is 11.3 Å². The molecule has 2 N–H and O–H groups in total. The third-order valence-electron chi connectivity index (χ3n) is 3.18. The number of carbonyl (C=O) groups is 1. The topological polar surface area (TPSA) is 50.4 Å². The lowest BCUT2D eigenvalue weighted by Gasteiger charge is -2.32. The lowest BCUT2D eigenvalue weighted by molar-refractivity contribution is -0.121. The molecule has 0 fully saturated rings. The second kappa shape index (κ2) is 11.4. The number of hydrogen-bond donors (Lipinski definition) is 2. The van der Waals surface area contributed by atoms with Crippen LogP contribution in [0.5, 0.6) is 0 Å². The van der Waals surface area contributed by atoms with Crippen molar-refractivity contribution in [2.75, 3.05) is 26.8 Å². The van der Waals surface area contributed by atoms with Gasteiger partial charge in [-0.1, -0.05) is 34.6 Å². The van der Waals surface area contributed by atoms with E-state index in [1.165, 1.54) is 0 Å². The minimum atomic E-state index is 0. The summed E-state index contributed by atoms with van der Waals surface area (Å²) in [5, 5.41) is 6.22. The predicted molar refractivity (Wildman–Crippen MR) is 87.5 cm³/mol. The van der Waals surface area contributed by atoms with Crippen LogP contribution < -0.4 is 10.6 Å². The van der Waals surface area contributed by atoms with Gasteiger partial charge in [-0.25, -0.2) is 0 Å². The van der Waals surface area contributed by atoms with Crippen LogP contribution in [-0.4, -0.2) is 38.8 Å². The maximum absolute atomic E-state index is 11.9. The summed E-state index contributed by atoms with van der Waals surface area (Å²) in [6, 6.07) is 0.228. The molecule has 0 aliphatic rings. The fraction of sp³-hybridized carbons (Fsp3) is 0.933. The van der Waals surface area contributed by atoms with E-state index in [-0.39, 0.29) is 29.8 Å². The van der Waals surface area contributed by atoms with Crippen LogP contribution in [0.4, 0.5) is 0 Å². The Hall–Kier alpha value is -0.320. The second-order valence-corrected chi connectivity index (χ2v) is 6.63. The van der Waals surface area contributed by atoms with Gasteiger partial charge >= 0.3 is 0 Å². The molecule has 1 atom stereocenters. The second-order valence-electron chi connectivity index (χ2n) is 6.63. The number of methoxy groups -OCH3 is 1. The summed E-state index contributed by atoms with van der Waals surface area (Å²) in [5.74, 6) is 0.737. The zero-order chi connectivity index (χ0) is 14.9. The molecule has 0 aromatic heterocycles. The number of hydrogen-bond acceptors (Lipinski definition) is 3. The molecule has 0 bridgehead atoms. The molecule has 0 aromatic rings. The monoisotopic (exact) mass is 308 g/mol. The third kappa shape index (κ3) is 11.5. The van der Waals surface area contributed by atoms with E-state index in [9.17, 15) is 4.79 Å². The first kappa shape index (κ1) is 22.0. The molecule has 0 rings (SSSR count). The van der Waals surface area contributed by atoms with Crippen molar-refractivity contribution in [2.24, 2.45) is 11.3 Å². The van der Waals surface area contributed by atoms with Crippen molar-refractivity contribution in [2.45, 2.75) is 53.5 Å². The Bertz CT molecular complexity index is 253. The smallest absolute Gasteiger partial charge is 0.234 e. The molecule has 0 aromatic carbocycles. The van der Waals surface area contributed by atoms with Crippen LogP contribution in [0.15, 0.2) is 0 Å². The van der Waals surface area contributed by atoms with Crippen molar-refractivity contribution < 1.29 is 9.53 Å². The lowest BCUT2D eigenvalue weighted by Crippen LogP contribution is -2.47. The molecule has 0 aliphatic carbocycles. The molecule has 122 valence electrons. The van der Waals surface area contributed by atoms with E-state index in [0.717, 1.165) is 12.8 Å². The van der Waals surface area contributed by atoms with Gasteiger partial charge < -0.3 is 15.4 Å². The van der Waals surface area contributed by atoms with E-state index in [0.29, 0.717) is 25.6 Å². The maximum Gasteiger partial charge on any atom is 0.234 e. The molecule has 4 nitrogen and oxygen atoms in total. The van der Waals surface area contributed by atoms with Gasteiger partial charge in [-0.15, -0.1) is 12.4 Å². The summed E-state index contributed by atoms with van der Waals surface area (Å²) in [4.78, 5) is 11.9. The molecule has 0 saturated carbocycles. The highest BCUT2D eigenvalue weighted by molar-refractivity contribution is 5.85. The van der Waals surface area contributed by atoms with E-state index in [4.69, 9.17) is 4.74 Å². The van der Waals surface area contributed by atoms with E-state index < -0.39 is 0 Å². The van der Waals surface area contributed by atoms with Crippen molar-refractivity contribution in [1.82, 2.24) is 10.6 Å². The van der Waals surface area contributed by atoms with Crippen molar-refractivity contribution in [1.29, 1.82) is 0 Å². The molecule has 0 saturated heterocycles. The Balaban J connectivity index is 0. The van der Waals surface area contributed by atoms with Crippen molar-refractivity contribution >= 4 is 18.3 Å². The molecule has 0 spiro atoms. The molecule has 0 radical (unpaired) electrons. The third-order valence-corrected chi connectivity index (χ3v) is 3.18. The van der Waals surface area contributed by atoms with Crippen LogP contribution in [0.25, 0.3) is 0 Å². The Kier molecular flexibility index (Phi) is 12.5. The zero-order valence-electron chi connectivity index (χ0n) is 13.9. The summed E-state index contributed by atoms with van der Waals surface area (Å²) >= 11 is 0. The highest BCUT2D eigenvalue weighted by atomic mass is 35.5. The average Bonchev–Trinajstić information content (AvgIpc) is 2.28. The fourth-order valence-electron chi connectivity index (χ4n) is 1.84. The summed E-state index contributed by atoms with van der Waals surface area (Å²) in [6.45, 7) is 12.7. The van der Waals surface area contributed by atoms with Gasteiger partial charge in [0.05, 0.1) is 13.2 Å². The fourth-order valence-corrected chi connectivity index (χ4v) is 1.84. The van der Waals surface area contributed by atoms with Gasteiger partial charge in [-0.3, -0.25) is 4.79 Å². The Morgan fingerprint density at radius 1 is 1.20 bits per heavy atom. The molecular formula is C15H33ClN2O2. The van der Waals surface area contributed by atoms with Gasteiger partial charge in [0.2, 0.25) is 5.91 Å². The van der Waals surface area contributed by atoms with Gasteiger partial charge in [0, 0.05) is 19.7 Å². The van der Waals surface area contributed by atoms with E-state index in [2.05, 4.69) is 45.3 Å². The zero-order valence-corrected chi connectivity index (χ0v) is 14.7. The van der Waals surface area contributed by atoms with Gasteiger partial charge in [0.25, 0.3) is 0 Å². The van der Waals surface area contributed by atoms with Crippen LogP contribution in [0.3, 0.4) is 0 Å². The average molecular weight is 309 g/mol. The van der Waals surface area contributed by atoms with Gasteiger partial charge in [-0.05, 0) is 24.2 Å². The largest absolute Gasteiger partial charge is 0.383 e. The summed E-state index contributed by atoms with van der Waals surface area (Å²) < 4.78 is 4.93. The SMILES string of the molecule is COCCNCC(=O)NC(CCC(C)C)C(C)(C)C.Cl. The van der Waals surface area contributed by atoms with Crippen LogP contribution in [0.1, 0.15) is 47.5 Å². The van der Waals surface area contributed by atoms with E-state index >= 15 is 0 Å². The molecule has 20 heavy (non-hydrogen) atoms. The van der Waals surface area contributed by atoms with E-state index in [1.807, 2.05) is 0 Å². The quantitative estimate of drug-likeness (QED) is 0.644. The molecule has 0 aliphatic heterocycles. The van der Waals surface area contributed by atoms with Crippen molar-refractivity contribution in [3.8, 4) is 0 Å². The van der Waals surface area contributed by atoms with Crippen LogP contribution in [0.2, 0.25) is 0 Å². The lowest BCUT2D eigenvalue weighted by atomic mass is 9.83. The van der Waals surface area contributed by atoms with Crippen molar-refractivity contribution in [3.63, 3.8) is 0 Å². The Morgan fingerprint density at radius 3 is 2.25 bits per heavy atom. The Labute approximate surface area is 130 Å². The first-order chi connectivity index (χ1) is 8.77. The van der Waals surface area contributed by atoms with Gasteiger partial charge in [-0.2, -0.15) is 0 Å². The van der Waals surface area contributed by atoms with Crippen LogP contribution in [-0.2, 0) is 9.53 Å². The summed E-state index contributed by atoms with van der Waals surface area (Å²) in [6.07, 6.45) is 2.17. The van der Waals surface area contributed by atoms with Crippen molar-refractivity contribution in [3.05, 3.63) is 0 Å². The van der Waals surface area contributed by atoms with Gasteiger partial charge in [0.15, 0.2) is 0 Å². The number of carbonyl (C=O) groups excluding carboxylic acids is 1. The molecule has 0 heterocycles. The molecule has 5 heteroatoms. The molecular weight excluding hydrogens is 276 g/mol. The summed E-state index contributed by atoms with van der Waals surface area (Å²) in [5.41, 5.74) is 0.0943. The van der Waals surface area contributed by atoms with E-state index in [1.54, 1.807) is 7.11 Å². The molecule has 1 unspecified atom stereocenters. The molecule has 1 amide bonds. The number of rotatable bonds is 9. The van der Waals surface area contributed by atoms with Gasteiger partial charge in [0.1, 0.15) is 0 Å². The number of halogens is 1. The standard InChI is InChI=1S/C15H32N2O2.ClH/c1-12(2)7-8-13(15(3,4)5)17-14(18)11-16-9-10-19-6;/h12-13,16H,7-11H2,1-6H3,(H,17,18);1H. The number of nitrogens with one attached hydrogen (secondary N) is 2. The first-order valence-electron chi connectivity index (χ1n) is 7.26.